The normalized spacial score (nSPS) is 11.2. The summed E-state index contributed by atoms with van der Waals surface area (Å²) in [6.45, 7) is 3.52. The van der Waals surface area contributed by atoms with Gasteiger partial charge in [0, 0.05) is 17.8 Å². The van der Waals surface area contributed by atoms with E-state index in [1.807, 2.05) is 0 Å². The van der Waals surface area contributed by atoms with Crippen LogP contribution >= 0.6 is 0 Å². The van der Waals surface area contributed by atoms with Gasteiger partial charge in [-0.3, -0.25) is 4.68 Å². The number of hydrogen-bond donors (Lipinski definition) is 1. The van der Waals surface area contributed by atoms with Crippen molar-refractivity contribution in [1.82, 2.24) is 9.78 Å². The molecule has 5 heteroatoms. The molecule has 1 aromatic rings. The predicted molar refractivity (Wildman–Crippen MR) is 45.6 cm³/mol. The summed E-state index contributed by atoms with van der Waals surface area (Å²) in [6, 6.07) is 0. The number of nitrogens with two attached hydrogens (primary N) is 1. The van der Waals surface area contributed by atoms with Crippen LogP contribution in [0.25, 0.3) is 0 Å². The third kappa shape index (κ3) is 2.03. The first-order chi connectivity index (χ1) is 6.06. The molecule has 0 amide bonds. The molecule has 0 saturated carbocycles. The first-order valence-electron chi connectivity index (χ1n) is 4.07. The lowest BCUT2D eigenvalue weighted by molar-refractivity contribution is 0.121. The van der Waals surface area contributed by atoms with E-state index in [-0.39, 0.29) is 6.54 Å². The van der Waals surface area contributed by atoms with E-state index in [1.54, 1.807) is 13.8 Å². The molecule has 0 aliphatic rings. The molecule has 0 spiro atoms. The zero-order valence-electron chi connectivity index (χ0n) is 7.72. The number of alkyl halides is 2. The number of hydrogen-bond acceptors (Lipinski definition) is 2. The van der Waals surface area contributed by atoms with E-state index in [4.69, 9.17) is 5.73 Å². The van der Waals surface area contributed by atoms with Crippen molar-refractivity contribution in [2.24, 2.45) is 5.73 Å². The van der Waals surface area contributed by atoms with Gasteiger partial charge in [0.05, 0.1) is 5.69 Å². The summed E-state index contributed by atoms with van der Waals surface area (Å²) in [6.07, 6.45) is -2.37. The highest BCUT2D eigenvalue weighted by Gasteiger charge is 2.12. The number of nitrogens with zero attached hydrogens (tertiary/aromatic N) is 2. The van der Waals surface area contributed by atoms with Gasteiger partial charge in [-0.25, -0.2) is 8.78 Å². The highest BCUT2D eigenvalue weighted by Crippen LogP contribution is 2.13. The molecular formula is C8H13F2N3. The van der Waals surface area contributed by atoms with Crippen molar-refractivity contribution in [1.29, 1.82) is 0 Å². The maximum Gasteiger partial charge on any atom is 0.257 e. The summed E-state index contributed by atoms with van der Waals surface area (Å²) in [5, 5.41) is 3.98. The number of halogens is 2. The molecule has 13 heavy (non-hydrogen) atoms. The second-order valence-electron chi connectivity index (χ2n) is 2.93. The Hall–Kier alpha value is -0.970. The molecule has 0 atom stereocenters. The van der Waals surface area contributed by atoms with Crippen molar-refractivity contribution >= 4 is 0 Å². The predicted octanol–water partition coefficient (Wildman–Crippen LogP) is 1.22. The Morgan fingerprint density at radius 1 is 1.46 bits per heavy atom. The average molecular weight is 189 g/mol. The molecule has 3 nitrogen and oxygen atoms in total. The quantitative estimate of drug-likeness (QED) is 0.777. The van der Waals surface area contributed by atoms with E-state index in [2.05, 4.69) is 5.10 Å². The Morgan fingerprint density at radius 2 is 2.08 bits per heavy atom. The summed E-state index contributed by atoms with van der Waals surface area (Å²) in [5.41, 5.74) is 7.79. The van der Waals surface area contributed by atoms with E-state index >= 15 is 0 Å². The highest BCUT2D eigenvalue weighted by atomic mass is 19.3. The average Bonchev–Trinajstić information content (AvgIpc) is 2.26. The zero-order valence-corrected chi connectivity index (χ0v) is 7.72. The van der Waals surface area contributed by atoms with Crippen LogP contribution in [0.4, 0.5) is 8.78 Å². The maximum atomic E-state index is 12.1. The first kappa shape index (κ1) is 10.1. The summed E-state index contributed by atoms with van der Waals surface area (Å²) < 4.78 is 25.4. The minimum Gasteiger partial charge on any atom is -0.326 e. The van der Waals surface area contributed by atoms with Crippen LogP contribution in [0, 0.1) is 13.8 Å². The van der Waals surface area contributed by atoms with Crippen LogP contribution in [0.5, 0.6) is 0 Å². The smallest absolute Gasteiger partial charge is 0.257 e. The second kappa shape index (κ2) is 3.83. The van der Waals surface area contributed by atoms with Gasteiger partial charge in [0.25, 0.3) is 6.43 Å². The fourth-order valence-corrected chi connectivity index (χ4v) is 1.34. The van der Waals surface area contributed by atoms with Crippen LogP contribution in [0.2, 0.25) is 0 Å². The summed E-state index contributed by atoms with van der Waals surface area (Å²) in [5.74, 6) is 0. The van der Waals surface area contributed by atoms with E-state index < -0.39 is 6.43 Å². The molecule has 0 aliphatic carbocycles. The molecule has 1 aromatic heterocycles. The Balaban J connectivity index is 2.96. The number of rotatable bonds is 3. The monoisotopic (exact) mass is 189 g/mol. The van der Waals surface area contributed by atoms with Crippen LogP contribution in [0.3, 0.4) is 0 Å². The fourth-order valence-electron chi connectivity index (χ4n) is 1.34. The van der Waals surface area contributed by atoms with Crippen molar-refractivity contribution < 1.29 is 8.78 Å². The third-order valence-electron chi connectivity index (χ3n) is 2.05. The van der Waals surface area contributed by atoms with E-state index in [1.165, 1.54) is 4.68 Å². The van der Waals surface area contributed by atoms with Crippen LogP contribution in [-0.4, -0.2) is 16.2 Å². The highest BCUT2D eigenvalue weighted by molar-refractivity contribution is 5.23. The van der Waals surface area contributed by atoms with E-state index in [0.717, 1.165) is 17.0 Å². The molecular weight excluding hydrogens is 176 g/mol. The lowest BCUT2D eigenvalue weighted by atomic mass is 10.2. The van der Waals surface area contributed by atoms with Gasteiger partial charge in [-0.1, -0.05) is 0 Å². The molecule has 0 aromatic carbocycles. The van der Waals surface area contributed by atoms with Crippen LogP contribution in [0.15, 0.2) is 0 Å². The lowest BCUT2D eigenvalue weighted by Gasteiger charge is -2.02. The van der Waals surface area contributed by atoms with Gasteiger partial charge in [0.15, 0.2) is 0 Å². The lowest BCUT2D eigenvalue weighted by Crippen LogP contribution is -2.10. The molecule has 74 valence electrons. The molecule has 0 fully saturated rings. The van der Waals surface area contributed by atoms with Gasteiger partial charge in [0.2, 0.25) is 0 Å². The number of aromatic nitrogens is 2. The van der Waals surface area contributed by atoms with E-state index in [9.17, 15) is 8.78 Å². The SMILES string of the molecule is Cc1nn(CC(F)F)c(C)c1CN. The molecule has 0 unspecified atom stereocenters. The molecule has 0 saturated heterocycles. The van der Waals surface area contributed by atoms with Crippen molar-refractivity contribution in [2.45, 2.75) is 33.4 Å². The van der Waals surface area contributed by atoms with Crippen LogP contribution < -0.4 is 5.73 Å². The molecule has 0 radical (unpaired) electrons. The summed E-state index contributed by atoms with van der Waals surface area (Å²) in [7, 11) is 0. The first-order valence-corrected chi connectivity index (χ1v) is 4.07. The third-order valence-corrected chi connectivity index (χ3v) is 2.05. The van der Waals surface area contributed by atoms with Gasteiger partial charge in [-0.15, -0.1) is 0 Å². The van der Waals surface area contributed by atoms with Gasteiger partial charge < -0.3 is 5.73 Å². The van der Waals surface area contributed by atoms with Crippen molar-refractivity contribution in [2.75, 3.05) is 0 Å². The van der Waals surface area contributed by atoms with Gasteiger partial charge >= 0.3 is 0 Å². The zero-order chi connectivity index (χ0) is 10.0. The van der Waals surface area contributed by atoms with Crippen molar-refractivity contribution in [3.63, 3.8) is 0 Å². The minimum atomic E-state index is -2.37. The summed E-state index contributed by atoms with van der Waals surface area (Å²) in [4.78, 5) is 0. The number of aryl methyl sites for hydroxylation is 1. The topological polar surface area (TPSA) is 43.8 Å². The molecule has 2 N–H and O–H groups in total. The molecule has 1 heterocycles. The molecule has 1 rings (SSSR count). The maximum absolute atomic E-state index is 12.1. The minimum absolute atomic E-state index is 0.348. The van der Waals surface area contributed by atoms with Crippen LogP contribution in [0.1, 0.15) is 17.0 Å². The van der Waals surface area contributed by atoms with Gasteiger partial charge in [-0.05, 0) is 13.8 Å². The largest absolute Gasteiger partial charge is 0.326 e. The van der Waals surface area contributed by atoms with Crippen molar-refractivity contribution in [3.05, 3.63) is 17.0 Å². The molecule has 0 bridgehead atoms. The summed E-state index contributed by atoms with van der Waals surface area (Å²) >= 11 is 0. The van der Waals surface area contributed by atoms with Gasteiger partial charge in [0.1, 0.15) is 6.54 Å². The Bertz CT molecular complexity index is 294. The van der Waals surface area contributed by atoms with Crippen molar-refractivity contribution in [3.8, 4) is 0 Å². The Kier molecular flexibility index (Phi) is 2.98. The Morgan fingerprint density at radius 3 is 2.46 bits per heavy atom. The fraction of sp³-hybridized carbons (Fsp3) is 0.625. The van der Waals surface area contributed by atoms with Crippen LogP contribution in [-0.2, 0) is 13.1 Å². The molecule has 0 aliphatic heterocycles. The Labute approximate surface area is 75.5 Å². The standard InChI is InChI=1S/C8H13F2N3/c1-5-7(3-11)6(2)13(12-5)4-8(9)10/h8H,3-4,11H2,1-2H3. The van der Waals surface area contributed by atoms with E-state index in [0.29, 0.717) is 6.54 Å². The second-order valence-corrected chi connectivity index (χ2v) is 2.93. The van der Waals surface area contributed by atoms with Gasteiger partial charge in [-0.2, -0.15) is 5.10 Å².